The molecule has 0 spiro atoms. The second-order valence-electron chi connectivity index (χ2n) is 3.66. The Hall–Kier alpha value is -1.95. The lowest BCUT2D eigenvalue weighted by Crippen LogP contribution is -1.98. The molecule has 17 heavy (non-hydrogen) atoms. The van der Waals surface area contributed by atoms with E-state index in [0.717, 1.165) is 5.52 Å². The summed E-state index contributed by atoms with van der Waals surface area (Å²) in [5.41, 5.74) is 1.52. The van der Waals surface area contributed by atoms with Gasteiger partial charge in [-0.1, -0.05) is 5.16 Å². The van der Waals surface area contributed by atoms with Crippen molar-refractivity contribution in [2.24, 2.45) is 0 Å². The monoisotopic (exact) mass is 249 g/mol. The Morgan fingerprint density at radius 1 is 1.41 bits per heavy atom. The molecule has 3 rings (SSSR count). The molecule has 3 aromatic rings. The van der Waals surface area contributed by atoms with Gasteiger partial charge >= 0.3 is 0 Å². The summed E-state index contributed by atoms with van der Waals surface area (Å²) in [5.74, 6) is 0.409. The van der Waals surface area contributed by atoms with Gasteiger partial charge < -0.3 is 14.1 Å². The van der Waals surface area contributed by atoms with Crippen molar-refractivity contribution in [2.45, 2.75) is 6.54 Å². The standard InChI is InChI=1S/C11H8FN3OS/c12-7-1-2-10-9(5-7)14-11(17)15(10)6-8-3-4-13-16-8/h1-5H,6H2,(H,14,17). The summed E-state index contributed by atoms with van der Waals surface area (Å²) in [6.45, 7) is 0.477. The molecule has 2 heterocycles. The molecule has 0 fully saturated rings. The van der Waals surface area contributed by atoms with Gasteiger partial charge in [0.25, 0.3) is 0 Å². The van der Waals surface area contributed by atoms with E-state index in [4.69, 9.17) is 16.7 Å². The molecule has 6 heteroatoms. The lowest BCUT2D eigenvalue weighted by atomic mass is 10.3. The highest BCUT2D eigenvalue weighted by molar-refractivity contribution is 7.71. The van der Waals surface area contributed by atoms with Crippen LogP contribution in [0.3, 0.4) is 0 Å². The predicted molar refractivity (Wildman–Crippen MR) is 62.7 cm³/mol. The summed E-state index contributed by atoms with van der Waals surface area (Å²) in [4.78, 5) is 2.96. The van der Waals surface area contributed by atoms with Crippen LogP contribution in [-0.2, 0) is 6.54 Å². The number of nitrogens with zero attached hydrogens (tertiary/aromatic N) is 2. The second-order valence-corrected chi connectivity index (χ2v) is 4.04. The third-order valence-corrected chi connectivity index (χ3v) is 2.86. The molecular weight excluding hydrogens is 241 g/mol. The molecule has 0 radical (unpaired) electrons. The molecule has 0 unspecified atom stereocenters. The Morgan fingerprint density at radius 3 is 3.06 bits per heavy atom. The lowest BCUT2D eigenvalue weighted by molar-refractivity contribution is 0.377. The number of nitrogens with one attached hydrogen (secondary N) is 1. The topological polar surface area (TPSA) is 46.8 Å². The molecule has 0 atom stereocenters. The number of fused-ring (bicyclic) bond motifs is 1. The van der Waals surface area contributed by atoms with Crippen LogP contribution in [0.15, 0.2) is 35.0 Å². The Balaban J connectivity index is 2.16. The maximum atomic E-state index is 13.1. The van der Waals surface area contributed by atoms with Gasteiger partial charge in [0.05, 0.1) is 23.8 Å². The Bertz CT molecular complexity index is 714. The van der Waals surface area contributed by atoms with E-state index in [1.165, 1.54) is 12.1 Å². The van der Waals surface area contributed by atoms with Gasteiger partial charge in [-0.15, -0.1) is 0 Å². The number of hydrogen-bond donors (Lipinski definition) is 1. The highest BCUT2D eigenvalue weighted by atomic mass is 32.1. The van der Waals surface area contributed by atoms with Crippen molar-refractivity contribution in [3.05, 3.63) is 46.8 Å². The molecule has 0 saturated carbocycles. The zero-order valence-corrected chi connectivity index (χ0v) is 9.50. The average Bonchev–Trinajstić information content (AvgIpc) is 2.88. The fraction of sp³-hybridized carbons (Fsp3) is 0.0909. The van der Waals surface area contributed by atoms with Crippen molar-refractivity contribution in [1.82, 2.24) is 14.7 Å². The lowest BCUT2D eigenvalue weighted by Gasteiger charge is -2.00. The largest absolute Gasteiger partial charge is 0.359 e. The minimum Gasteiger partial charge on any atom is -0.359 e. The number of imidazole rings is 1. The molecule has 1 N–H and O–H groups in total. The summed E-state index contributed by atoms with van der Waals surface area (Å²) in [7, 11) is 0. The van der Waals surface area contributed by atoms with Gasteiger partial charge in [0.15, 0.2) is 10.5 Å². The first kappa shape index (κ1) is 10.2. The van der Waals surface area contributed by atoms with Gasteiger partial charge in [0.1, 0.15) is 5.82 Å². The first-order valence-corrected chi connectivity index (χ1v) is 5.42. The Kier molecular flexibility index (Phi) is 2.29. The molecule has 86 valence electrons. The van der Waals surface area contributed by atoms with E-state index in [1.54, 1.807) is 18.3 Å². The summed E-state index contributed by atoms with van der Waals surface area (Å²) < 4.78 is 20.5. The highest BCUT2D eigenvalue weighted by Gasteiger charge is 2.07. The zero-order valence-electron chi connectivity index (χ0n) is 8.68. The normalized spacial score (nSPS) is 11.1. The van der Waals surface area contributed by atoms with E-state index in [1.807, 2.05) is 4.57 Å². The molecule has 0 saturated heterocycles. The van der Waals surface area contributed by atoms with Crippen LogP contribution in [0.5, 0.6) is 0 Å². The van der Waals surface area contributed by atoms with Crippen LogP contribution in [0.2, 0.25) is 0 Å². The quantitative estimate of drug-likeness (QED) is 0.710. The number of hydrogen-bond acceptors (Lipinski definition) is 3. The minimum absolute atomic E-state index is 0.291. The maximum absolute atomic E-state index is 13.1. The summed E-state index contributed by atoms with van der Waals surface area (Å²) in [6, 6.07) is 6.28. The first-order valence-electron chi connectivity index (χ1n) is 5.02. The van der Waals surface area contributed by atoms with Crippen molar-refractivity contribution in [1.29, 1.82) is 0 Å². The SMILES string of the molecule is Fc1ccc2c(c1)[nH]c(=S)n2Cc1ccno1. The van der Waals surface area contributed by atoms with Crippen LogP contribution in [0.4, 0.5) is 4.39 Å². The smallest absolute Gasteiger partial charge is 0.178 e. The number of aromatic nitrogens is 3. The molecule has 0 aliphatic heterocycles. The summed E-state index contributed by atoms with van der Waals surface area (Å²) in [5, 5.41) is 3.63. The van der Waals surface area contributed by atoms with Gasteiger partial charge in [-0.2, -0.15) is 0 Å². The highest BCUT2D eigenvalue weighted by Crippen LogP contribution is 2.17. The Labute approximate surface area is 101 Å². The molecule has 2 aromatic heterocycles. The van der Waals surface area contributed by atoms with Crippen LogP contribution >= 0.6 is 12.2 Å². The number of halogens is 1. The molecule has 0 amide bonds. The predicted octanol–water partition coefficient (Wildman–Crippen LogP) is 2.87. The van der Waals surface area contributed by atoms with Crippen LogP contribution in [0.25, 0.3) is 11.0 Å². The van der Waals surface area contributed by atoms with Crippen molar-refractivity contribution in [3.63, 3.8) is 0 Å². The van der Waals surface area contributed by atoms with Gasteiger partial charge in [-0.3, -0.25) is 0 Å². The minimum atomic E-state index is -0.291. The molecule has 1 aromatic carbocycles. The fourth-order valence-electron chi connectivity index (χ4n) is 1.77. The van der Waals surface area contributed by atoms with Gasteiger partial charge in [-0.05, 0) is 30.4 Å². The third-order valence-electron chi connectivity index (χ3n) is 2.54. The molecule has 0 aliphatic carbocycles. The fourth-order valence-corrected chi connectivity index (χ4v) is 2.05. The zero-order chi connectivity index (χ0) is 11.8. The van der Waals surface area contributed by atoms with Crippen molar-refractivity contribution < 1.29 is 8.91 Å². The van der Waals surface area contributed by atoms with Crippen LogP contribution in [0.1, 0.15) is 5.76 Å². The molecule has 0 bridgehead atoms. The maximum Gasteiger partial charge on any atom is 0.178 e. The van der Waals surface area contributed by atoms with Crippen LogP contribution in [-0.4, -0.2) is 14.7 Å². The average molecular weight is 249 g/mol. The van der Waals surface area contributed by atoms with E-state index in [-0.39, 0.29) is 5.82 Å². The van der Waals surface area contributed by atoms with E-state index in [0.29, 0.717) is 22.6 Å². The molecular formula is C11H8FN3OS. The molecule has 4 nitrogen and oxygen atoms in total. The van der Waals surface area contributed by atoms with Gasteiger partial charge in [0, 0.05) is 6.07 Å². The third kappa shape index (κ3) is 1.76. The Morgan fingerprint density at radius 2 is 2.29 bits per heavy atom. The van der Waals surface area contributed by atoms with Crippen LogP contribution < -0.4 is 0 Å². The van der Waals surface area contributed by atoms with Gasteiger partial charge in [0.2, 0.25) is 0 Å². The van der Waals surface area contributed by atoms with Crippen LogP contribution in [0, 0.1) is 10.6 Å². The van der Waals surface area contributed by atoms with Crippen molar-refractivity contribution in [3.8, 4) is 0 Å². The molecule has 0 aliphatic rings. The number of H-pyrrole nitrogens is 1. The number of benzene rings is 1. The van der Waals surface area contributed by atoms with E-state index < -0.39 is 0 Å². The second kappa shape index (κ2) is 3.81. The van der Waals surface area contributed by atoms with E-state index >= 15 is 0 Å². The van der Waals surface area contributed by atoms with Crippen molar-refractivity contribution >= 4 is 23.3 Å². The van der Waals surface area contributed by atoms with E-state index in [2.05, 4.69) is 10.1 Å². The van der Waals surface area contributed by atoms with E-state index in [9.17, 15) is 4.39 Å². The van der Waals surface area contributed by atoms with Gasteiger partial charge in [-0.25, -0.2) is 4.39 Å². The summed E-state index contributed by atoms with van der Waals surface area (Å²) >= 11 is 5.19. The first-order chi connectivity index (χ1) is 8.24. The summed E-state index contributed by atoms with van der Waals surface area (Å²) in [6.07, 6.45) is 1.58. The number of rotatable bonds is 2. The van der Waals surface area contributed by atoms with Crippen molar-refractivity contribution in [2.75, 3.05) is 0 Å². The number of aromatic amines is 1.